The molecule has 1 fully saturated rings. The number of amides is 1. The highest BCUT2D eigenvalue weighted by atomic mass is 19.1. The summed E-state index contributed by atoms with van der Waals surface area (Å²) in [4.78, 5) is 15.0. The molecule has 1 N–H and O–H groups in total. The normalized spacial score (nSPS) is 19.9. The summed E-state index contributed by atoms with van der Waals surface area (Å²) in [5, 5.41) is 3.00. The van der Waals surface area contributed by atoms with E-state index >= 15 is 0 Å². The number of carbonyl (C=O) groups is 1. The molecule has 27 heavy (non-hydrogen) atoms. The third-order valence-electron chi connectivity index (χ3n) is 5.36. The van der Waals surface area contributed by atoms with Crippen LogP contribution in [0.15, 0.2) is 28.7 Å². The first-order valence-corrected chi connectivity index (χ1v) is 9.58. The van der Waals surface area contributed by atoms with Crippen LogP contribution >= 0.6 is 0 Å². The maximum absolute atomic E-state index is 13.1. The number of halogens is 1. The Morgan fingerprint density at radius 2 is 2.15 bits per heavy atom. The largest absolute Gasteiger partial charge is 0.465 e. The van der Waals surface area contributed by atoms with E-state index in [0.717, 1.165) is 55.8 Å². The Hall–Kier alpha value is -2.18. The molecule has 0 aliphatic carbocycles. The van der Waals surface area contributed by atoms with Crippen LogP contribution in [0.25, 0.3) is 0 Å². The Morgan fingerprint density at radius 3 is 2.89 bits per heavy atom. The number of carbonyl (C=O) groups excluding carboxylic acids is 1. The lowest BCUT2D eigenvalue weighted by atomic mass is 10.0. The molecule has 0 saturated carbocycles. The monoisotopic (exact) mass is 372 g/mol. The number of benzene rings is 1. The van der Waals surface area contributed by atoms with Gasteiger partial charge in [0.15, 0.2) is 0 Å². The molecule has 144 valence electrons. The molecule has 1 unspecified atom stereocenters. The zero-order valence-corrected chi connectivity index (χ0v) is 15.6. The van der Waals surface area contributed by atoms with Gasteiger partial charge in [0.2, 0.25) is 0 Å². The first-order valence-electron chi connectivity index (χ1n) is 9.58. The summed E-state index contributed by atoms with van der Waals surface area (Å²) >= 11 is 0. The molecule has 1 aromatic heterocycles. The molecular weight excluding hydrogens is 347 g/mol. The standard InChI is InChI=1S/C21H25FN2O3/c1-14-20(21(25)23-11-17-3-2-10-26-17)18-13-24(9-8-19(18)27-14)12-15-4-6-16(22)7-5-15/h4-7,17H,2-3,8-13H2,1H3,(H,23,25). The van der Waals surface area contributed by atoms with Gasteiger partial charge in [0.05, 0.1) is 11.7 Å². The summed E-state index contributed by atoms with van der Waals surface area (Å²) < 4.78 is 24.6. The van der Waals surface area contributed by atoms with E-state index in [1.54, 1.807) is 12.1 Å². The Morgan fingerprint density at radius 1 is 1.33 bits per heavy atom. The molecule has 3 heterocycles. The van der Waals surface area contributed by atoms with E-state index in [-0.39, 0.29) is 17.8 Å². The zero-order chi connectivity index (χ0) is 18.8. The highest BCUT2D eigenvalue weighted by Crippen LogP contribution is 2.29. The maximum Gasteiger partial charge on any atom is 0.255 e. The molecular formula is C21H25FN2O3. The van der Waals surface area contributed by atoms with Crippen molar-refractivity contribution in [3.8, 4) is 0 Å². The van der Waals surface area contributed by atoms with E-state index < -0.39 is 0 Å². The first kappa shape index (κ1) is 18.2. The minimum Gasteiger partial charge on any atom is -0.465 e. The summed E-state index contributed by atoms with van der Waals surface area (Å²) in [6.45, 7) is 5.40. The fourth-order valence-corrected chi connectivity index (χ4v) is 3.96. The van der Waals surface area contributed by atoms with E-state index in [1.807, 2.05) is 6.92 Å². The van der Waals surface area contributed by atoms with Crippen LogP contribution in [0, 0.1) is 12.7 Å². The molecule has 1 aromatic carbocycles. The molecule has 0 bridgehead atoms. The maximum atomic E-state index is 13.1. The molecule has 4 rings (SSSR count). The van der Waals surface area contributed by atoms with E-state index in [2.05, 4.69) is 10.2 Å². The van der Waals surface area contributed by atoms with Crippen LogP contribution in [0.3, 0.4) is 0 Å². The van der Waals surface area contributed by atoms with Crippen molar-refractivity contribution in [2.45, 2.75) is 45.4 Å². The molecule has 2 aromatic rings. The smallest absolute Gasteiger partial charge is 0.255 e. The van der Waals surface area contributed by atoms with Gasteiger partial charge in [-0.15, -0.1) is 0 Å². The lowest BCUT2D eigenvalue weighted by Crippen LogP contribution is -2.34. The predicted molar refractivity (Wildman–Crippen MR) is 99.0 cm³/mol. The van der Waals surface area contributed by atoms with Gasteiger partial charge in [-0.2, -0.15) is 0 Å². The SMILES string of the molecule is Cc1oc2c(c1C(=O)NCC1CCCO1)CN(Cc1ccc(F)cc1)CC2. The van der Waals surface area contributed by atoms with Crippen LogP contribution in [0.5, 0.6) is 0 Å². The first-order chi connectivity index (χ1) is 13.1. The van der Waals surface area contributed by atoms with Crippen molar-refractivity contribution in [1.82, 2.24) is 10.2 Å². The highest BCUT2D eigenvalue weighted by molar-refractivity contribution is 5.97. The van der Waals surface area contributed by atoms with Crippen molar-refractivity contribution in [2.75, 3.05) is 19.7 Å². The average Bonchev–Trinajstić information content (AvgIpc) is 3.28. The van der Waals surface area contributed by atoms with Crippen LogP contribution in [0.2, 0.25) is 0 Å². The second-order valence-corrected chi connectivity index (χ2v) is 7.37. The van der Waals surface area contributed by atoms with Gasteiger partial charge in [-0.05, 0) is 37.5 Å². The third kappa shape index (κ3) is 4.06. The molecule has 0 radical (unpaired) electrons. The van der Waals surface area contributed by atoms with Crippen LogP contribution < -0.4 is 5.32 Å². The van der Waals surface area contributed by atoms with Crippen LogP contribution in [-0.4, -0.2) is 36.6 Å². The summed E-state index contributed by atoms with van der Waals surface area (Å²) in [6, 6.07) is 6.58. The Labute approximate surface area is 158 Å². The average molecular weight is 372 g/mol. The molecule has 6 heteroatoms. The molecule has 1 amide bonds. The second kappa shape index (κ2) is 7.82. The molecule has 0 spiro atoms. The molecule has 2 aliphatic rings. The number of ether oxygens (including phenoxy) is 1. The predicted octanol–water partition coefficient (Wildman–Crippen LogP) is 3.19. The summed E-state index contributed by atoms with van der Waals surface area (Å²) in [7, 11) is 0. The third-order valence-corrected chi connectivity index (χ3v) is 5.36. The fraction of sp³-hybridized carbons (Fsp3) is 0.476. The van der Waals surface area contributed by atoms with Gasteiger partial charge >= 0.3 is 0 Å². The highest BCUT2D eigenvalue weighted by Gasteiger charge is 2.28. The Bertz CT molecular complexity index is 810. The van der Waals surface area contributed by atoms with Gasteiger partial charge in [0.25, 0.3) is 5.91 Å². The number of fused-ring (bicyclic) bond motifs is 1. The van der Waals surface area contributed by atoms with Crippen molar-refractivity contribution in [1.29, 1.82) is 0 Å². The minimum atomic E-state index is -0.227. The lowest BCUT2D eigenvalue weighted by molar-refractivity contribution is 0.0855. The number of furan rings is 1. The fourth-order valence-electron chi connectivity index (χ4n) is 3.96. The van der Waals surface area contributed by atoms with Gasteiger partial charge < -0.3 is 14.5 Å². The second-order valence-electron chi connectivity index (χ2n) is 7.37. The van der Waals surface area contributed by atoms with Crippen LogP contribution in [0.1, 0.15) is 45.8 Å². The lowest BCUT2D eigenvalue weighted by Gasteiger charge is -2.26. The van der Waals surface area contributed by atoms with Crippen LogP contribution in [-0.2, 0) is 24.2 Å². The Balaban J connectivity index is 1.45. The topological polar surface area (TPSA) is 54.7 Å². The van der Waals surface area contributed by atoms with Crippen molar-refractivity contribution in [3.05, 3.63) is 58.3 Å². The van der Waals surface area contributed by atoms with Gasteiger partial charge in [-0.1, -0.05) is 12.1 Å². The van der Waals surface area contributed by atoms with Gasteiger partial charge in [-0.3, -0.25) is 9.69 Å². The number of aryl methyl sites for hydroxylation is 1. The molecule has 5 nitrogen and oxygen atoms in total. The summed E-state index contributed by atoms with van der Waals surface area (Å²) in [6.07, 6.45) is 2.94. The molecule has 1 saturated heterocycles. The van der Waals surface area contributed by atoms with E-state index in [4.69, 9.17) is 9.15 Å². The van der Waals surface area contributed by atoms with Crippen molar-refractivity contribution >= 4 is 5.91 Å². The van der Waals surface area contributed by atoms with Crippen molar-refractivity contribution in [2.24, 2.45) is 0 Å². The zero-order valence-electron chi connectivity index (χ0n) is 15.6. The van der Waals surface area contributed by atoms with E-state index in [9.17, 15) is 9.18 Å². The molecule has 1 atom stereocenters. The number of hydrogen-bond acceptors (Lipinski definition) is 4. The van der Waals surface area contributed by atoms with E-state index in [1.165, 1.54) is 12.1 Å². The minimum absolute atomic E-state index is 0.0865. The summed E-state index contributed by atoms with van der Waals surface area (Å²) in [5.41, 5.74) is 2.70. The number of rotatable bonds is 5. The van der Waals surface area contributed by atoms with Crippen molar-refractivity contribution in [3.63, 3.8) is 0 Å². The van der Waals surface area contributed by atoms with Crippen molar-refractivity contribution < 1.29 is 18.3 Å². The molecule has 2 aliphatic heterocycles. The van der Waals surface area contributed by atoms with Gasteiger partial charge in [0.1, 0.15) is 17.3 Å². The van der Waals surface area contributed by atoms with Crippen LogP contribution in [0.4, 0.5) is 4.39 Å². The summed E-state index contributed by atoms with van der Waals surface area (Å²) in [5.74, 6) is 1.27. The van der Waals surface area contributed by atoms with Gasteiger partial charge in [-0.25, -0.2) is 4.39 Å². The Kier molecular flexibility index (Phi) is 5.27. The number of hydrogen-bond donors (Lipinski definition) is 1. The quantitative estimate of drug-likeness (QED) is 0.876. The van der Waals surface area contributed by atoms with Gasteiger partial charge in [0, 0.05) is 44.8 Å². The number of nitrogens with zero attached hydrogens (tertiary/aromatic N) is 1. The van der Waals surface area contributed by atoms with E-state index in [0.29, 0.717) is 24.4 Å². The number of nitrogens with one attached hydrogen (secondary N) is 1.